The molecule has 1 N–H and O–H groups in total. The Kier molecular flexibility index (Phi) is 8.61. The fraction of sp³-hybridized carbons (Fsp3) is 0.267. The van der Waals surface area contributed by atoms with Crippen LogP contribution in [0.25, 0.3) is 11.3 Å². The molecule has 4 aromatic rings. The van der Waals surface area contributed by atoms with Crippen molar-refractivity contribution >= 4 is 50.9 Å². The van der Waals surface area contributed by atoms with Crippen LogP contribution in [-0.2, 0) is 26.2 Å². The maximum Gasteiger partial charge on any atom is 0.119 e. The first-order valence-corrected chi connectivity index (χ1v) is 14.6. The molecule has 1 aliphatic rings. The summed E-state index contributed by atoms with van der Waals surface area (Å²) in [6.07, 6.45) is 2.17. The van der Waals surface area contributed by atoms with Crippen LogP contribution in [0.15, 0.2) is 72.8 Å². The Labute approximate surface area is 245 Å². The average molecular weight is 720 g/mol. The number of likely N-dealkylation sites (N-methyl/N-ethyl adjacent to an activating group) is 1. The lowest BCUT2D eigenvalue weighted by Gasteiger charge is -2.19. The number of hydrogen-bond donors (Lipinski definition) is 1. The quantitative estimate of drug-likeness (QED) is 0.181. The molecular formula is C30H30I2N2O3. The van der Waals surface area contributed by atoms with Gasteiger partial charge in [-0.3, -0.25) is 0 Å². The third-order valence-electron chi connectivity index (χ3n) is 6.80. The maximum atomic E-state index is 9.32. The van der Waals surface area contributed by atoms with Crippen LogP contribution in [0.4, 0.5) is 5.69 Å². The summed E-state index contributed by atoms with van der Waals surface area (Å²) < 4.78 is 17.5. The number of halogens is 2. The zero-order chi connectivity index (χ0) is 25.8. The van der Waals surface area contributed by atoms with Crippen LogP contribution >= 0.6 is 45.2 Å². The molecule has 1 aromatic heterocycles. The summed E-state index contributed by atoms with van der Waals surface area (Å²) in [4.78, 5) is 2.06. The van der Waals surface area contributed by atoms with Crippen LogP contribution in [0.5, 0.6) is 11.5 Å². The molecule has 0 atom stereocenters. The van der Waals surface area contributed by atoms with Gasteiger partial charge in [0, 0.05) is 49.8 Å². The largest absolute Gasteiger partial charge is 0.489 e. The van der Waals surface area contributed by atoms with Crippen molar-refractivity contribution in [1.29, 1.82) is 0 Å². The molecule has 0 saturated heterocycles. The number of aliphatic hydroxyl groups is 1. The third kappa shape index (κ3) is 6.09. The van der Waals surface area contributed by atoms with E-state index in [1.165, 1.54) is 35.2 Å². The molecule has 192 valence electrons. The second-order valence-corrected chi connectivity index (χ2v) is 11.7. The van der Waals surface area contributed by atoms with E-state index in [0.29, 0.717) is 19.8 Å². The molecule has 0 spiro atoms. The second-order valence-electron chi connectivity index (χ2n) is 9.18. The van der Waals surface area contributed by atoms with Gasteiger partial charge in [0.1, 0.15) is 24.7 Å². The Hall–Kier alpha value is -2.24. The molecule has 7 heteroatoms. The summed E-state index contributed by atoms with van der Waals surface area (Å²) in [6, 6.07) is 25.0. The number of ether oxygens (including phenoxy) is 2. The standard InChI is InChI=1S/C30H30I2N2O3/c1-33(17-18-35)24-10-4-21(5-11-24)30-28(20-37-26-14-8-23(32)9-15-26)27(29-3-2-16-34(29)30)19-36-25-12-6-22(31)7-13-25/h4-15,35H,2-3,16-20H2,1H3. The second kappa shape index (κ2) is 12.1. The smallest absolute Gasteiger partial charge is 0.119 e. The number of aliphatic hydroxyl groups excluding tert-OH is 1. The lowest BCUT2D eigenvalue weighted by molar-refractivity contribution is 0.286. The minimum Gasteiger partial charge on any atom is -0.489 e. The lowest BCUT2D eigenvalue weighted by Crippen LogP contribution is -2.20. The number of hydrogen-bond acceptors (Lipinski definition) is 4. The van der Waals surface area contributed by atoms with Crippen molar-refractivity contribution in [3.63, 3.8) is 0 Å². The SMILES string of the molecule is CN(CCO)c1ccc(-c2c(COc3ccc(I)cc3)c(COc3ccc(I)cc3)c3n2CCC3)cc1. The highest BCUT2D eigenvalue weighted by atomic mass is 127. The minimum absolute atomic E-state index is 0.133. The van der Waals surface area contributed by atoms with Crippen molar-refractivity contribution in [2.45, 2.75) is 32.6 Å². The number of anilines is 1. The van der Waals surface area contributed by atoms with Crippen molar-refractivity contribution in [2.75, 3.05) is 25.1 Å². The van der Waals surface area contributed by atoms with Gasteiger partial charge in [0.2, 0.25) is 0 Å². The zero-order valence-corrected chi connectivity index (χ0v) is 25.1. The number of aromatic nitrogens is 1. The van der Waals surface area contributed by atoms with E-state index in [0.717, 1.165) is 36.6 Å². The van der Waals surface area contributed by atoms with E-state index in [4.69, 9.17) is 9.47 Å². The fourth-order valence-electron chi connectivity index (χ4n) is 4.90. The summed E-state index contributed by atoms with van der Waals surface area (Å²) in [5.74, 6) is 1.74. The van der Waals surface area contributed by atoms with Gasteiger partial charge in [-0.2, -0.15) is 0 Å². The lowest BCUT2D eigenvalue weighted by atomic mass is 10.0. The van der Waals surface area contributed by atoms with E-state index < -0.39 is 0 Å². The zero-order valence-electron chi connectivity index (χ0n) is 20.8. The Morgan fingerprint density at radius 1 is 0.811 bits per heavy atom. The van der Waals surface area contributed by atoms with Crippen LogP contribution < -0.4 is 14.4 Å². The van der Waals surface area contributed by atoms with Gasteiger partial charge in [-0.05, 0) is 124 Å². The Morgan fingerprint density at radius 2 is 1.38 bits per heavy atom. The van der Waals surface area contributed by atoms with E-state index >= 15 is 0 Å². The topological polar surface area (TPSA) is 46.9 Å². The Bertz CT molecular complexity index is 1330. The highest BCUT2D eigenvalue weighted by Crippen LogP contribution is 2.38. The Balaban J connectivity index is 1.51. The molecular weight excluding hydrogens is 690 g/mol. The third-order valence-corrected chi connectivity index (χ3v) is 8.24. The van der Waals surface area contributed by atoms with Crippen molar-refractivity contribution in [1.82, 2.24) is 4.57 Å². The molecule has 0 unspecified atom stereocenters. The summed E-state index contributed by atoms with van der Waals surface area (Å²) in [7, 11) is 2.00. The van der Waals surface area contributed by atoms with Crippen molar-refractivity contribution < 1.29 is 14.6 Å². The van der Waals surface area contributed by atoms with Crippen LogP contribution in [0, 0.1) is 7.14 Å². The number of rotatable bonds is 10. The van der Waals surface area contributed by atoms with E-state index in [-0.39, 0.29) is 6.61 Å². The monoisotopic (exact) mass is 720 g/mol. The molecule has 5 rings (SSSR count). The first-order valence-electron chi connectivity index (χ1n) is 12.5. The minimum atomic E-state index is 0.133. The van der Waals surface area contributed by atoms with Crippen LogP contribution in [0.1, 0.15) is 23.2 Å². The number of nitrogens with zero attached hydrogens (tertiary/aromatic N) is 2. The number of benzene rings is 3. The van der Waals surface area contributed by atoms with E-state index in [1.54, 1.807) is 0 Å². The van der Waals surface area contributed by atoms with Gasteiger partial charge >= 0.3 is 0 Å². The predicted octanol–water partition coefficient (Wildman–Crippen LogP) is 6.90. The van der Waals surface area contributed by atoms with Crippen LogP contribution in [0.2, 0.25) is 0 Å². The van der Waals surface area contributed by atoms with Crippen molar-refractivity contribution in [3.05, 3.63) is 96.8 Å². The summed E-state index contributed by atoms with van der Waals surface area (Å²) in [5.41, 5.74) is 7.25. The molecule has 0 fully saturated rings. The summed E-state index contributed by atoms with van der Waals surface area (Å²) in [5, 5.41) is 9.32. The van der Waals surface area contributed by atoms with Crippen LogP contribution in [0.3, 0.4) is 0 Å². The molecule has 0 saturated carbocycles. The molecule has 0 amide bonds. The predicted molar refractivity (Wildman–Crippen MR) is 166 cm³/mol. The first kappa shape index (κ1) is 26.4. The molecule has 2 heterocycles. The van der Waals surface area contributed by atoms with Gasteiger partial charge < -0.3 is 24.0 Å². The highest BCUT2D eigenvalue weighted by molar-refractivity contribution is 14.1. The molecule has 5 nitrogen and oxygen atoms in total. The van der Waals surface area contributed by atoms with Gasteiger partial charge in [-0.1, -0.05) is 12.1 Å². The molecule has 1 aliphatic heterocycles. The molecule has 0 aliphatic carbocycles. The first-order chi connectivity index (χ1) is 18.0. The van der Waals surface area contributed by atoms with Gasteiger partial charge in [-0.15, -0.1) is 0 Å². The fourth-order valence-corrected chi connectivity index (χ4v) is 5.62. The molecule has 37 heavy (non-hydrogen) atoms. The highest BCUT2D eigenvalue weighted by Gasteiger charge is 2.27. The molecule has 0 bridgehead atoms. The van der Waals surface area contributed by atoms with Crippen LogP contribution in [-0.4, -0.2) is 29.9 Å². The molecule has 3 aromatic carbocycles. The van der Waals surface area contributed by atoms with Gasteiger partial charge in [0.05, 0.1) is 12.3 Å². The van der Waals surface area contributed by atoms with E-state index in [1.807, 2.05) is 31.3 Å². The molecule has 0 radical (unpaired) electrons. The van der Waals surface area contributed by atoms with E-state index in [9.17, 15) is 5.11 Å². The van der Waals surface area contributed by atoms with Gasteiger partial charge in [0.25, 0.3) is 0 Å². The average Bonchev–Trinajstić information content (AvgIpc) is 3.49. The van der Waals surface area contributed by atoms with Gasteiger partial charge in [0.15, 0.2) is 0 Å². The van der Waals surface area contributed by atoms with Crippen molar-refractivity contribution in [2.24, 2.45) is 0 Å². The Morgan fingerprint density at radius 3 is 1.95 bits per heavy atom. The normalized spacial score (nSPS) is 12.4. The summed E-state index contributed by atoms with van der Waals surface area (Å²) >= 11 is 4.63. The maximum absolute atomic E-state index is 9.32. The van der Waals surface area contributed by atoms with Crippen molar-refractivity contribution in [3.8, 4) is 22.8 Å². The number of fused-ring (bicyclic) bond motifs is 1. The van der Waals surface area contributed by atoms with E-state index in [2.05, 4.69) is 103 Å². The summed E-state index contributed by atoms with van der Waals surface area (Å²) in [6.45, 7) is 2.73. The van der Waals surface area contributed by atoms with Gasteiger partial charge in [-0.25, -0.2) is 0 Å².